The Labute approximate surface area is 78.8 Å². The van der Waals surface area contributed by atoms with Gasteiger partial charge in [-0.05, 0) is 5.41 Å². The van der Waals surface area contributed by atoms with Crippen LogP contribution in [0.4, 0.5) is 0 Å². The van der Waals surface area contributed by atoms with Crippen molar-refractivity contribution in [3.05, 3.63) is 17.8 Å². The van der Waals surface area contributed by atoms with Crippen LogP contribution < -0.4 is 0 Å². The molecule has 3 heteroatoms. The molecule has 0 aliphatic rings. The lowest BCUT2D eigenvalue weighted by Gasteiger charge is -2.14. The zero-order valence-electron chi connectivity index (χ0n) is 8.50. The van der Waals surface area contributed by atoms with Crippen LogP contribution in [0, 0.1) is 5.41 Å². The van der Waals surface area contributed by atoms with Crippen LogP contribution in [0.5, 0.6) is 0 Å². The van der Waals surface area contributed by atoms with Crippen LogP contribution in [0.15, 0.2) is 10.7 Å². The molecule has 1 aromatic heterocycles. The molecule has 0 fully saturated rings. The van der Waals surface area contributed by atoms with E-state index < -0.39 is 0 Å². The molecule has 0 unspecified atom stereocenters. The van der Waals surface area contributed by atoms with Crippen molar-refractivity contribution >= 4 is 0 Å². The zero-order chi connectivity index (χ0) is 9.90. The van der Waals surface area contributed by atoms with Gasteiger partial charge in [-0.3, -0.25) is 0 Å². The van der Waals surface area contributed by atoms with Crippen LogP contribution in [0.1, 0.15) is 32.4 Å². The lowest BCUT2D eigenvalue weighted by atomic mass is 9.92. The standard InChI is InChI=1S/C10H17NO2/c1-10(2,3)6-9-11-8(4-5-12)7-13-9/h7,12H,4-6H2,1-3H3. The van der Waals surface area contributed by atoms with Gasteiger partial charge < -0.3 is 9.52 Å². The highest BCUT2D eigenvalue weighted by Gasteiger charge is 2.15. The van der Waals surface area contributed by atoms with E-state index >= 15 is 0 Å². The monoisotopic (exact) mass is 183 g/mol. The molecular weight excluding hydrogens is 166 g/mol. The normalized spacial score (nSPS) is 12.0. The third kappa shape index (κ3) is 3.59. The highest BCUT2D eigenvalue weighted by Crippen LogP contribution is 2.19. The zero-order valence-corrected chi connectivity index (χ0v) is 8.50. The van der Waals surface area contributed by atoms with Crippen molar-refractivity contribution in [3.8, 4) is 0 Å². The second-order valence-corrected chi connectivity index (χ2v) is 4.44. The highest BCUT2D eigenvalue weighted by molar-refractivity contribution is 4.98. The fraction of sp³-hybridized carbons (Fsp3) is 0.700. The molecule has 0 bridgehead atoms. The average Bonchev–Trinajstić information content (AvgIpc) is 2.33. The van der Waals surface area contributed by atoms with Gasteiger partial charge >= 0.3 is 0 Å². The summed E-state index contributed by atoms with van der Waals surface area (Å²) in [5.74, 6) is 0.760. The van der Waals surface area contributed by atoms with E-state index in [2.05, 4.69) is 25.8 Å². The molecule has 0 saturated carbocycles. The molecule has 1 heterocycles. The quantitative estimate of drug-likeness (QED) is 0.777. The maximum Gasteiger partial charge on any atom is 0.194 e. The van der Waals surface area contributed by atoms with Gasteiger partial charge in [0.05, 0.1) is 5.69 Å². The largest absolute Gasteiger partial charge is 0.449 e. The van der Waals surface area contributed by atoms with Crippen molar-refractivity contribution in [1.82, 2.24) is 4.98 Å². The van der Waals surface area contributed by atoms with Gasteiger partial charge in [0.1, 0.15) is 6.26 Å². The molecule has 1 N–H and O–H groups in total. The van der Waals surface area contributed by atoms with Crippen LogP contribution in [0.2, 0.25) is 0 Å². The predicted molar refractivity (Wildman–Crippen MR) is 50.5 cm³/mol. The first kappa shape index (κ1) is 10.3. The second kappa shape index (κ2) is 3.92. The van der Waals surface area contributed by atoms with E-state index in [1.54, 1.807) is 6.26 Å². The Morgan fingerprint density at radius 1 is 1.46 bits per heavy atom. The molecule has 0 aromatic carbocycles. The first-order valence-electron chi connectivity index (χ1n) is 4.55. The number of nitrogens with zero attached hydrogens (tertiary/aromatic N) is 1. The van der Waals surface area contributed by atoms with E-state index in [0.717, 1.165) is 18.0 Å². The summed E-state index contributed by atoms with van der Waals surface area (Å²) >= 11 is 0. The summed E-state index contributed by atoms with van der Waals surface area (Å²) in [7, 11) is 0. The smallest absolute Gasteiger partial charge is 0.194 e. The molecule has 74 valence electrons. The topological polar surface area (TPSA) is 46.3 Å². The average molecular weight is 183 g/mol. The lowest BCUT2D eigenvalue weighted by molar-refractivity contribution is 0.298. The van der Waals surface area contributed by atoms with Crippen molar-refractivity contribution in [1.29, 1.82) is 0 Å². The molecule has 0 radical (unpaired) electrons. The van der Waals surface area contributed by atoms with Gasteiger partial charge in [-0.1, -0.05) is 20.8 Å². The van der Waals surface area contributed by atoms with Gasteiger partial charge in [0, 0.05) is 19.4 Å². The Hall–Kier alpha value is -0.830. The molecule has 0 spiro atoms. The number of oxazole rings is 1. The molecule has 3 nitrogen and oxygen atoms in total. The minimum atomic E-state index is 0.126. The SMILES string of the molecule is CC(C)(C)Cc1nc(CCO)co1. The van der Waals surface area contributed by atoms with Crippen molar-refractivity contribution in [2.75, 3.05) is 6.61 Å². The van der Waals surface area contributed by atoms with E-state index in [4.69, 9.17) is 9.52 Å². The Kier molecular flexibility index (Phi) is 3.09. The van der Waals surface area contributed by atoms with E-state index in [9.17, 15) is 0 Å². The van der Waals surface area contributed by atoms with Gasteiger partial charge in [-0.2, -0.15) is 0 Å². The first-order valence-corrected chi connectivity index (χ1v) is 4.55. The molecule has 1 aromatic rings. The van der Waals surface area contributed by atoms with Crippen LogP contribution in [0.25, 0.3) is 0 Å². The summed E-state index contributed by atoms with van der Waals surface area (Å²) in [5.41, 5.74) is 1.03. The van der Waals surface area contributed by atoms with Gasteiger partial charge in [0.2, 0.25) is 0 Å². The number of hydrogen-bond donors (Lipinski definition) is 1. The third-order valence-corrected chi connectivity index (χ3v) is 1.65. The van der Waals surface area contributed by atoms with Crippen LogP contribution in [0.3, 0.4) is 0 Å². The number of aliphatic hydroxyl groups is 1. The van der Waals surface area contributed by atoms with Crippen LogP contribution >= 0.6 is 0 Å². The Bertz CT molecular complexity index is 260. The molecule has 0 atom stereocenters. The number of rotatable bonds is 3. The third-order valence-electron chi connectivity index (χ3n) is 1.65. The molecule has 0 amide bonds. The van der Waals surface area contributed by atoms with E-state index in [0.29, 0.717) is 6.42 Å². The van der Waals surface area contributed by atoms with Crippen LogP contribution in [-0.2, 0) is 12.8 Å². The summed E-state index contributed by atoms with van der Waals surface area (Å²) < 4.78 is 5.27. The van der Waals surface area contributed by atoms with Crippen LogP contribution in [-0.4, -0.2) is 16.7 Å². The summed E-state index contributed by atoms with van der Waals surface area (Å²) in [6, 6.07) is 0. The van der Waals surface area contributed by atoms with Gasteiger partial charge in [-0.15, -0.1) is 0 Å². The van der Waals surface area contributed by atoms with Crippen molar-refractivity contribution in [2.24, 2.45) is 5.41 Å². The number of hydrogen-bond acceptors (Lipinski definition) is 3. The predicted octanol–water partition coefficient (Wildman–Crippen LogP) is 1.80. The van der Waals surface area contributed by atoms with Gasteiger partial charge in [0.25, 0.3) is 0 Å². The Morgan fingerprint density at radius 3 is 2.69 bits per heavy atom. The fourth-order valence-electron chi connectivity index (χ4n) is 1.11. The summed E-state index contributed by atoms with van der Waals surface area (Å²) in [6.07, 6.45) is 3.03. The maximum atomic E-state index is 8.68. The van der Waals surface area contributed by atoms with E-state index in [1.807, 2.05) is 0 Å². The van der Waals surface area contributed by atoms with Crippen molar-refractivity contribution in [3.63, 3.8) is 0 Å². The molecule has 0 aliphatic carbocycles. The minimum absolute atomic E-state index is 0.126. The molecule has 0 saturated heterocycles. The maximum absolute atomic E-state index is 8.68. The Balaban J connectivity index is 2.59. The molecule has 0 aliphatic heterocycles. The van der Waals surface area contributed by atoms with Crippen molar-refractivity contribution in [2.45, 2.75) is 33.6 Å². The fourth-order valence-corrected chi connectivity index (χ4v) is 1.11. The van der Waals surface area contributed by atoms with E-state index in [-0.39, 0.29) is 12.0 Å². The number of aliphatic hydroxyl groups excluding tert-OH is 1. The summed E-state index contributed by atoms with van der Waals surface area (Å²) in [6.45, 7) is 6.55. The summed E-state index contributed by atoms with van der Waals surface area (Å²) in [4.78, 5) is 4.26. The van der Waals surface area contributed by atoms with Gasteiger partial charge in [-0.25, -0.2) is 4.98 Å². The number of aromatic nitrogens is 1. The molecule has 1 rings (SSSR count). The second-order valence-electron chi connectivity index (χ2n) is 4.44. The highest BCUT2D eigenvalue weighted by atomic mass is 16.3. The summed E-state index contributed by atoms with van der Waals surface area (Å²) in [5, 5.41) is 8.68. The van der Waals surface area contributed by atoms with E-state index in [1.165, 1.54) is 0 Å². The first-order chi connectivity index (χ1) is 6.01. The Morgan fingerprint density at radius 2 is 2.15 bits per heavy atom. The lowest BCUT2D eigenvalue weighted by Crippen LogP contribution is -2.09. The van der Waals surface area contributed by atoms with Crippen molar-refractivity contribution < 1.29 is 9.52 Å². The molecular formula is C10H17NO2. The molecule has 13 heavy (non-hydrogen) atoms. The minimum Gasteiger partial charge on any atom is -0.449 e. The van der Waals surface area contributed by atoms with Gasteiger partial charge in [0.15, 0.2) is 5.89 Å².